The van der Waals surface area contributed by atoms with Gasteiger partial charge in [0.25, 0.3) is 7.82 Å². The number of carbonyl (C=O) groups is 2. The average molecular weight is 776 g/mol. The first-order chi connectivity index (χ1) is 25.5. The lowest BCUT2D eigenvalue weighted by atomic mass is 10.0. The molecule has 9 nitrogen and oxygen atoms in total. The molecule has 0 saturated heterocycles. The SMILES string of the molecule is CCCCCCCCCCCCCCCCCCC(=O)OC(COC(=O)CCCCCCCCCCCCCCC)COP(=O)([O-])OCC[N+](C)(C)C. The summed E-state index contributed by atoms with van der Waals surface area (Å²) in [5.74, 6) is -0.820. The highest BCUT2D eigenvalue weighted by Gasteiger charge is 2.21. The Kier molecular flexibility index (Phi) is 36.0. The Bertz CT molecular complexity index is 881. The number of quaternary nitrogens is 1. The summed E-state index contributed by atoms with van der Waals surface area (Å²) in [5.41, 5.74) is 0. The zero-order valence-corrected chi connectivity index (χ0v) is 36.4. The lowest BCUT2D eigenvalue weighted by molar-refractivity contribution is -0.870. The van der Waals surface area contributed by atoms with E-state index < -0.39 is 26.5 Å². The Balaban J connectivity index is 4.31. The molecule has 0 aromatic carbocycles. The van der Waals surface area contributed by atoms with Gasteiger partial charge in [0.2, 0.25) is 0 Å². The number of nitrogens with zero attached hydrogens (tertiary/aromatic N) is 1. The molecule has 0 aliphatic heterocycles. The molecule has 0 aliphatic carbocycles. The highest BCUT2D eigenvalue weighted by atomic mass is 31.2. The first kappa shape index (κ1) is 52.0. The van der Waals surface area contributed by atoms with Crippen LogP contribution in [0, 0.1) is 0 Å². The zero-order valence-electron chi connectivity index (χ0n) is 35.5. The lowest BCUT2D eigenvalue weighted by Crippen LogP contribution is -2.37. The van der Waals surface area contributed by atoms with E-state index >= 15 is 0 Å². The fraction of sp³-hybridized carbons (Fsp3) is 0.953. The topological polar surface area (TPSA) is 111 Å². The molecule has 0 aromatic heterocycles. The van der Waals surface area contributed by atoms with Crippen molar-refractivity contribution in [1.82, 2.24) is 0 Å². The molecule has 0 fully saturated rings. The molecule has 0 spiro atoms. The van der Waals surface area contributed by atoms with Gasteiger partial charge in [-0.25, -0.2) is 0 Å². The summed E-state index contributed by atoms with van der Waals surface area (Å²) in [6.45, 7) is 4.26. The molecule has 0 aromatic rings. The van der Waals surface area contributed by atoms with Gasteiger partial charge in [0.15, 0.2) is 6.10 Å². The number of hydrogen-bond acceptors (Lipinski definition) is 8. The van der Waals surface area contributed by atoms with Crippen LogP contribution in [0.25, 0.3) is 0 Å². The van der Waals surface area contributed by atoms with E-state index in [9.17, 15) is 19.0 Å². The monoisotopic (exact) mass is 776 g/mol. The van der Waals surface area contributed by atoms with Crippen LogP contribution in [0.3, 0.4) is 0 Å². The number of phosphoric ester groups is 1. The molecule has 53 heavy (non-hydrogen) atoms. The number of likely N-dealkylation sites (N-methyl/N-ethyl adjacent to an activating group) is 1. The van der Waals surface area contributed by atoms with Crippen LogP contribution in [-0.2, 0) is 32.7 Å². The number of esters is 2. The second-order valence-electron chi connectivity index (χ2n) is 16.4. The van der Waals surface area contributed by atoms with E-state index in [0.717, 1.165) is 32.1 Å². The molecule has 2 unspecified atom stereocenters. The number of ether oxygens (including phenoxy) is 2. The summed E-state index contributed by atoms with van der Waals surface area (Å²) in [6.07, 6.45) is 35.5. The maximum absolute atomic E-state index is 12.7. The van der Waals surface area contributed by atoms with Crippen molar-refractivity contribution >= 4 is 19.8 Å². The molecule has 0 N–H and O–H groups in total. The molecule has 0 rings (SSSR count). The van der Waals surface area contributed by atoms with Crippen molar-refractivity contribution in [2.75, 3.05) is 47.5 Å². The fourth-order valence-electron chi connectivity index (χ4n) is 6.36. The van der Waals surface area contributed by atoms with Crippen LogP contribution in [0.15, 0.2) is 0 Å². The summed E-state index contributed by atoms with van der Waals surface area (Å²) < 4.78 is 33.9. The minimum Gasteiger partial charge on any atom is -0.756 e. The molecule has 2 atom stereocenters. The van der Waals surface area contributed by atoms with E-state index in [-0.39, 0.29) is 32.0 Å². The molecule has 0 saturated carbocycles. The van der Waals surface area contributed by atoms with Gasteiger partial charge in [-0.15, -0.1) is 0 Å². The standard InChI is InChI=1S/C43H86NO8P/c1-6-8-10-12-14-16-18-20-21-22-24-26-28-30-32-34-36-43(46)52-41(40-51-53(47,48)50-38-37-44(3,4)5)39-49-42(45)35-33-31-29-27-25-23-19-17-15-13-11-9-7-2/h41H,6-40H2,1-5H3. The number of carbonyl (C=O) groups excluding carboxylic acids is 2. The van der Waals surface area contributed by atoms with Crippen LogP contribution in [0.4, 0.5) is 0 Å². The first-order valence-corrected chi connectivity index (χ1v) is 23.7. The third kappa shape index (κ3) is 40.5. The quantitative estimate of drug-likeness (QED) is 0.0261. The van der Waals surface area contributed by atoms with Crippen molar-refractivity contribution in [3.05, 3.63) is 0 Å². The average Bonchev–Trinajstić information content (AvgIpc) is 3.10. The Morgan fingerprint density at radius 1 is 0.509 bits per heavy atom. The summed E-state index contributed by atoms with van der Waals surface area (Å²) >= 11 is 0. The van der Waals surface area contributed by atoms with Gasteiger partial charge < -0.3 is 27.9 Å². The molecule has 0 radical (unpaired) electrons. The molecule has 10 heteroatoms. The van der Waals surface area contributed by atoms with Crippen LogP contribution in [0.1, 0.15) is 213 Å². The van der Waals surface area contributed by atoms with E-state index in [2.05, 4.69) is 13.8 Å². The summed E-state index contributed by atoms with van der Waals surface area (Å²) in [6, 6.07) is 0. The van der Waals surface area contributed by atoms with E-state index in [1.54, 1.807) is 0 Å². The van der Waals surface area contributed by atoms with Crippen molar-refractivity contribution in [3.8, 4) is 0 Å². The van der Waals surface area contributed by atoms with Gasteiger partial charge >= 0.3 is 11.9 Å². The summed E-state index contributed by atoms with van der Waals surface area (Å²) in [5, 5.41) is 0. The molecule has 316 valence electrons. The van der Waals surface area contributed by atoms with Crippen LogP contribution in [0.2, 0.25) is 0 Å². The third-order valence-electron chi connectivity index (χ3n) is 9.88. The van der Waals surface area contributed by atoms with Gasteiger partial charge in [-0.1, -0.05) is 187 Å². The highest BCUT2D eigenvalue weighted by molar-refractivity contribution is 7.45. The maximum atomic E-state index is 12.7. The van der Waals surface area contributed by atoms with Crippen molar-refractivity contribution in [1.29, 1.82) is 0 Å². The van der Waals surface area contributed by atoms with Gasteiger partial charge in [0.1, 0.15) is 19.8 Å². The number of hydrogen-bond donors (Lipinski definition) is 0. The van der Waals surface area contributed by atoms with Gasteiger partial charge in [0.05, 0.1) is 27.7 Å². The predicted molar refractivity (Wildman–Crippen MR) is 218 cm³/mol. The van der Waals surface area contributed by atoms with Crippen molar-refractivity contribution < 1.29 is 42.1 Å². The lowest BCUT2D eigenvalue weighted by Gasteiger charge is -2.28. The number of unbranched alkanes of at least 4 members (excludes halogenated alkanes) is 27. The van der Waals surface area contributed by atoms with E-state index in [0.29, 0.717) is 17.4 Å². The predicted octanol–water partition coefficient (Wildman–Crippen LogP) is 11.8. The normalized spacial score (nSPS) is 13.5. The van der Waals surface area contributed by atoms with E-state index in [1.165, 1.54) is 148 Å². The highest BCUT2D eigenvalue weighted by Crippen LogP contribution is 2.38. The fourth-order valence-corrected chi connectivity index (χ4v) is 7.09. The first-order valence-electron chi connectivity index (χ1n) is 22.2. The Hall–Kier alpha value is -0.990. The van der Waals surface area contributed by atoms with E-state index in [4.69, 9.17) is 18.5 Å². The van der Waals surface area contributed by atoms with Crippen LogP contribution in [-0.4, -0.2) is 70.0 Å². The van der Waals surface area contributed by atoms with Crippen LogP contribution >= 0.6 is 7.82 Å². The second-order valence-corrected chi connectivity index (χ2v) is 17.8. The smallest absolute Gasteiger partial charge is 0.306 e. The minimum absolute atomic E-state index is 0.0257. The summed E-state index contributed by atoms with van der Waals surface area (Å²) in [7, 11) is 1.18. The maximum Gasteiger partial charge on any atom is 0.306 e. The molecule has 0 amide bonds. The third-order valence-corrected chi connectivity index (χ3v) is 10.8. The molecule has 0 bridgehead atoms. The van der Waals surface area contributed by atoms with Crippen LogP contribution < -0.4 is 4.89 Å². The van der Waals surface area contributed by atoms with Gasteiger partial charge in [-0.3, -0.25) is 14.2 Å². The Labute approximate surface area is 327 Å². The number of phosphoric acid groups is 1. The van der Waals surface area contributed by atoms with Crippen molar-refractivity contribution in [2.45, 2.75) is 219 Å². The molecular formula is C43H86NO8P. The van der Waals surface area contributed by atoms with Crippen molar-refractivity contribution in [3.63, 3.8) is 0 Å². The molecular weight excluding hydrogens is 689 g/mol. The largest absolute Gasteiger partial charge is 0.756 e. The summed E-state index contributed by atoms with van der Waals surface area (Å²) in [4.78, 5) is 37.5. The van der Waals surface area contributed by atoms with Crippen LogP contribution in [0.5, 0.6) is 0 Å². The number of rotatable bonds is 41. The van der Waals surface area contributed by atoms with Gasteiger partial charge in [-0.2, -0.15) is 0 Å². The molecule has 0 heterocycles. The van der Waals surface area contributed by atoms with Crippen molar-refractivity contribution in [2.24, 2.45) is 0 Å². The Morgan fingerprint density at radius 2 is 0.849 bits per heavy atom. The van der Waals surface area contributed by atoms with Gasteiger partial charge in [-0.05, 0) is 12.8 Å². The molecule has 0 aliphatic rings. The second kappa shape index (κ2) is 36.6. The minimum atomic E-state index is -4.61. The zero-order chi connectivity index (χ0) is 39.3. The van der Waals surface area contributed by atoms with E-state index in [1.807, 2.05) is 21.1 Å². The Morgan fingerprint density at radius 3 is 1.21 bits per heavy atom. The van der Waals surface area contributed by atoms with Gasteiger partial charge in [0, 0.05) is 12.8 Å².